The van der Waals surface area contributed by atoms with Crippen molar-refractivity contribution in [3.8, 4) is 0 Å². The second kappa shape index (κ2) is 6.24. The number of carbonyl (C=O) groups excluding carboxylic acids is 1. The van der Waals surface area contributed by atoms with E-state index in [4.69, 9.17) is 10.7 Å². The van der Waals surface area contributed by atoms with Gasteiger partial charge in [0, 0.05) is 6.20 Å². The Labute approximate surface area is 108 Å². The smallest absolute Gasteiger partial charge is 0.358 e. The van der Waals surface area contributed by atoms with Crippen molar-refractivity contribution in [2.24, 2.45) is 0 Å². The Morgan fingerprint density at radius 2 is 2.22 bits per heavy atom. The largest absolute Gasteiger partial charge is 0.461 e. The van der Waals surface area contributed by atoms with Gasteiger partial charge in [0.15, 0.2) is 21.5 Å². The van der Waals surface area contributed by atoms with Crippen molar-refractivity contribution in [3.63, 3.8) is 0 Å². The van der Waals surface area contributed by atoms with Crippen LogP contribution < -0.4 is 0 Å². The van der Waals surface area contributed by atoms with E-state index in [2.05, 4.69) is 4.74 Å². The van der Waals surface area contributed by atoms with Crippen LogP contribution >= 0.6 is 10.7 Å². The predicted octanol–water partition coefficient (Wildman–Crippen LogP) is 2.33. The SMILES string of the molecule is CCOC(=O)c1c(F)c(S(=O)Cl)cn1CC(F)F. The highest BCUT2D eigenvalue weighted by Crippen LogP contribution is 2.23. The molecule has 0 aliphatic heterocycles. The van der Waals surface area contributed by atoms with Gasteiger partial charge in [-0.3, -0.25) is 0 Å². The van der Waals surface area contributed by atoms with Crippen LogP contribution in [0.5, 0.6) is 0 Å². The molecule has 0 saturated heterocycles. The molecule has 0 fully saturated rings. The number of alkyl halides is 2. The molecule has 1 aromatic rings. The van der Waals surface area contributed by atoms with Crippen molar-refractivity contribution in [2.75, 3.05) is 6.61 Å². The number of hydrogen-bond donors (Lipinski definition) is 0. The third-order valence-electron chi connectivity index (χ3n) is 1.96. The van der Waals surface area contributed by atoms with Crippen LogP contribution in [0.2, 0.25) is 0 Å². The van der Waals surface area contributed by atoms with Gasteiger partial charge in [-0.2, -0.15) is 0 Å². The molecule has 1 rings (SSSR count). The summed E-state index contributed by atoms with van der Waals surface area (Å²) in [5.41, 5.74) is -0.707. The molecular weight excluding hydrogens is 295 g/mol. The molecule has 0 aliphatic rings. The maximum atomic E-state index is 13.7. The van der Waals surface area contributed by atoms with Gasteiger partial charge in [0.1, 0.15) is 4.90 Å². The Morgan fingerprint density at radius 3 is 2.67 bits per heavy atom. The first-order chi connectivity index (χ1) is 8.38. The number of hydrogen-bond acceptors (Lipinski definition) is 3. The lowest BCUT2D eigenvalue weighted by atomic mass is 10.4. The fourth-order valence-electron chi connectivity index (χ4n) is 1.32. The molecule has 1 atom stereocenters. The van der Waals surface area contributed by atoms with Gasteiger partial charge in [-0.25, -0.2) is 22.2 Å². The molecule has 0 spiro atoms. The minimum atomic E-state index is -2.80. The summed E-state index contributed by atoms with van der Waals surface area (Å²) in [4.78, 5) is 10.9. The van der Waals surface area contributed by atoms with E-state index < -0.39 is 45.4 Å². The third-order valence-corrected chi connectivity index (χ3v) is 3.09. The van der Waals surface area contributed by atoms with Crippen molar-refractivity contribution in [3.05, 3.63) is 17.7 Å². The van der Waals surface area contributed by atoms with Crippen LogP contribution in [0.3, 0.4) is 0 Å². The summed E-state index contributed by atoms with van der Waals surface area (Å²) >= 11 is 0. The standard InChI is InChI=1S/C9H9ClF3NO3S/c1-2-17-9(15)8-7(13)5(18(10)16)3-14(8)4-6(11)12/h3,6H,2,4H2,1H3. The van der Waals surface area contributed by atoms with E-state index in [1.165, 1.54) is 6.92 Å². The molecular formula is C9H9ClF3NO3S. The second-order valence-corrected chi connectivity index (χ2v) is 4.87. The van der Waals surface area contributed by atoms with E-state index in [9.17, 15) is 22.2 Å². The molecule has 0 aliphatic carbocycles. The first-order valence-corrected chi connectivity index (χ1v) is 6.78. The van der Waals surface area contributed by atoms with Gasteiger partial charge in [0.25, 0.3) is 6.43 Å². The van der Waals surface area contributed by atoms with Crippen LogP contribution in [0.1, 0.15) is 17.4 Å². The highest BCUT2D eigenvalue weighted by molar-refractivity contribution is 8.08. The van der Waals surface area contributed by atoms with E-state index in [1.807, 2.05) is 0 Å². The van der Waals surface area contributed by atoms with Gasteiger partial charge in [-0.1, -0.05) is 0 Å². The van der Waals surface area contributed by atoms with E-state index in [0.29, 0.717) is 4.57 Å². The highest BCUT2D eigenvalue weighted by Gasteiger charge is 2.26. The van der Waals surface area contributed by atoms with Crippen molar-refractivity contribution in [1.29, 1.82) is 0 Å². The Morgan fingerprint density at radius 1 is 1.61 bits per heavy atom. The molecule has 9 heteroatoms. The Balaban J connectivity index is 3.26. The van der Waals surface area contributed by atoms with E-state index in [0.717, 1.165) is 6.20 Å². The molecule has 1 aromatic heterocycles. The van der Waals surface area contributed by atoms with Gasteiger partial charge in [-0.15, -0.1) is 0 Å². The maximum Gasteiger partial charge on any atom is 0.358 e. The fraction of sp³-hybridized carbons (Fsp3) is 0.444. The summed E-state index contributed by atoms with van der Waals surface area (Å²) in [5.74, 6) is -2.31. The number of nitrogens with zero attached hydrogens (tertiary/aromatic N) is 1. The van der Waals surface area contributed by atoms with Gasteiger partial charge in [0.05, 0.1) is 13.2 Å². The first-order valence-electron chi connectivity index (χ1n) is 4.80. The molecule has 0 N–H and O–H groups in total. The van der Waals surface area contributed by atoms with E-state index >= 15 is 0 Å². The Bertz CT molecular complexity index is 478. The number of ether oxygens (including phenoxy) is 1. The molecule has 0 amide bonds. The summed E-state index contributed by atoms with van der Waals surface area (Å²) in [6.07, 6.45) is -1.99. The average molecular weight is 304 g/mol. The highest BCUT2D eigenvalue weighted by atomic mass is 35.7. The summed E-state index contributed by atoms with van der Waals surface area (Å²) in [6.45, 7) is 0.521. The van der Waals surface area contributed by atoms with Crippen molar-refractivity contribution < 1.29 is 26.9 Å². The maximum absolute atomic E-state index is 13.7. The number of esters is 1. The minimum Gasteiger partial charge on any atom is -0.461 e. The van der Waals surface area contributed by atoms with Crippen molar-refractivity contribution in [1.82, 2.24) is 4.57 Å². The average Bonchev–Trinajstić information content (AvgIpc) is 2.55. The van der Waals surface area contributed by atoms with Crippen LogP contribution in [-0.2, 0) is 21.3 Å². The lowest BCUT2D eigenvalue weighted by Crippen LogP contribution is -2.16. The molecule has 0 radical (unpaired) electrons. The lowest BCUT2D eigenvalue weighted by molar-refractivity contribution is 0.0500. The summed E-state index contributed by atoms with van der Waals surface area (Å²) in [7, 11) is 2.95. The van der Waals surface area contributed by atoms with Gasteiger partial charge < -0.3 is 9.30 Å². The molecule has 0 aromatic carbocycles. The van der Waals surface area contributed by atoms with Crippen LogP contribution in [0.25, 0.3) is 0 Å². The minimum absolute atomic E-state index is 0.0442. The van der Waals surface area contributed by atoms with Crippen molar-refractivity contribution in [2.45, 2.75) is 24.8 Å². The molecule has 4 nitrogen and oxygen atoms in total. The van der Waals surface area contributed by atoms with Gasteiger partial charge in [0.2, 0.25) is 0 Å². The third kappa shape index (κ3) is 3.26. The molecule has 18 heavy (non-hydrogen) atoms. The number of carbonyl (C=O) groups is 1. The van der Waals surface area contributed by atoms with Gasteiger partial charge >= 0.3 is 5.97 Å². The van der Waals surface area contributed by atoms with Crippen LogP contribution in [0.4, 0.5) is 13.2 Å². The number of halogens is 4. The lowest BCUT2D eigenvalue weighted by Gasteiger charge is -2.07. The monoisotopic (exact) mass is 303 g/mol. The zero-order chi connectivity index (χ0) is 13.9. The quantitative estimate of drug-likeness (QED) is 0.619. The first kappa shape index (κ1) is 15.0. The molecule has 1 unspecified atom stereocenters. The normalized spacial score (nSPS) is 12.8. The molecule has 102 valence electrons. The van der Waals surface area contributed by atoms with E-state index in [-0.39, 0.29) is 6.61 Å². The molecule has 1 heterocycles. The predicted molar refractivity (Wildman–Crippen MR) is 58.6 cm³/mol. The Hall–Kier alpha value is -1.02. The summed E-state index contributed by atoms with van der Waals surface area (Å²) < 4.78 is 54.5. The van der Waals surface area contributed by atoms with Gasteiger partial charge in [-0.05, 0) is 17.6 Å². The number of rotatable bonds is 5. The zero-order valence-electron chi connectivity index (χ0n) is 9.16. The van der Waals surface area contributed by atoms with Crippen LogP contribution in [0, 0.1) is 5.82 Å². The molecule has 0 saturated carbocycles. The van der Waals surface area contributed by atoms with Crippen molar-refractivity contribution >= 4 is 26.7 Å². The van der Waals surface area contributed by atoms with E-state index in [1.54, 1.807) is 0 Å². The topological polar surface area (TPSA) is 48.3 Å². The fourth-order valence-corrected chi connectivity index (χ4v) is 2.09. The zero-order valence-corrected chi connectivity index (χ0v) is 10.7. The second-order valence-electron chi connectivity index (χ2n) is 3.14. The summed E-state index contributed by atoms with van der Waals surface area (Å²) in [5, 5.41) is 0. The number of aromatic nitrogens is 1. The Kier molecular flexibility index (Phi) is 5.21. The molecule has 0 bridgehead atoms. The van der Waals surface area contributed by atoms with Crippen LogP contribution in [-0.4, -0.2) is 27.8 Å². The van der Waals surface area contributed by atoms with Crippen LogP contribution in [0.15, 0.2) is 11.1 Å². The summed E-state index contributed by atoms with van der Waals surface area (Å²) in [6, 6.07) is 0.